The molecule has 1 aliphatic heterocycles. The number of aromatic nitrogens is 2. The SMILES string of the molecule is Cc1ccc(C)c(Cn2cnc3c2CN(C(=O)c2ccc(C#N)cc2)C(C(=O)NC2CCCCC2N)C3)c1. The highest BCUT2D eigenvalue weighted by Gasteiger charge is 2.38. The van der Waals surface area contributed by atoms with Gasteiger partial charge in [0.15, 0.2) is 0 Å². The van der Waals surface area contributed by atoms with Crippen LogP contribution in [0.25, 0.3) is 0 Å². The molecule has 8 heteroatoms. The molecule has 2 aliphatic rings. The smallest absolute Gasteiger partial charge is 0.254 e. The Hall–Kier alpha value is -3.96. The lowest BCUT2D eigenvalue weighted by Gasteiger charge is -2.37. The number of nitrogens with one attached hydrogen (secondary N) is 1. The second-order valence-corrected chi connectivity index (χ2v) is 10.6. The Balaban J connectivity index is 1.45. The van der Waals surface area contributed by atoms with E-state index in [2.05, 4.69) is 53.0 Å². The summed E-state index contributed by atoms with van der Waals surface area (Å²) < 4.78 is 2.08. The molecular weight excluding hydrogens is 476 g/mol. The van der Waals surface area contributed by atoms with Crippen LogP contribution in [0.4, 0.5) is 0 Å². The molecule has 0 saturated heterocycles. The zero-order chi connectivity index (χ0) is 26.8. The van der Waals surface area contributed by atoms with Crippen molar-refractivity contribution in [1.82, 2.24) is 19.8 Å². The first-order chi connectivity index (χ1) is 18.3. The van der Waals surface area contributed by atoms with Crippen molar-refractivity contribution in [3.63, 3.8) is 0 Å². The van der Waals surface area contributed by atoms with Gasteiger partial charge in [0.1, 0.15) is 6.04 Å². The molecule has 1 fully saturated rings. The lowest BCUT2D eigenvalue weighted by Crippen LogP contribution is -2.57. The third-order valence-corrected chi connectivity index (χ3v) is 7.93. The first-order valence-corrected chi connectivity index (χ1v) is 13.3. The summed E-state index contributed by atoms with van der Waals surface area (Å²) in [5.74, 6) is -0.434. The van der Waals surface area contributed by atoms with Crippen molar-refractivity contribution in [2.24, 2.45) is 5.73 Å². The Morgan fingerprint density at radius 1 is 1.13 bits per heavy atom. The van der Waals surface area contributed by atoms with Gasteiger partial charge in [0.25, 0.3) is 5.91 Å². The summed E-state index contributed by atoms with van der Waals surface area (Å²) in [6.45, 7) is 5.08. The Bertz CT molecular complexity index is 1390. The molecule has 5 rings (SSSR count). The highest BCUT2D eigenvalue weighted by atomic mass is 16.2. The maximum atomic E-state index is 13.8. The molecule has 2 amide bonds. The number of hydrogen-bond donors (Lipinski definition) is 2. The van der Waals surface area contributed by atoms with Crippen LogP contribution >= 0.6 is 0 Å². The van der Waals surface area contributed by atoms with Crippen LogP contribution in [-0.2, 0) is 24.3 Å². The monoisotopic (exact) mass is 510 g/mol. The molecule has 1 aliphatic carbocycles. The highest BCUT2D eigenvalue weighted by Crippen LogP contribution is 2.27. The van der Waals surface area contributed by atoms with Gasteiger partial charge in [-0.05, 0) is 62.1 Å². The van der Waals surface area contributed by atoms with Gasteiger partial charge in [0.2, 0.25) is 5.91 Å². The molecule has 1 aromatic heterocycles. The number of rotatable bonds is 5. The molecule has 0 radical (unpaired) electrons. The number of amides is 2. The Morgan fingerprint density at radius 2 is 1.89 bits per heavy atom. The summed E-state index contributed by atoms with van der Waals surface area (Å²) in [5.41, 5.74) is 12.6. The van der Waals surface area contributed by atoms with Gasteiger partial charge < -0.3 is 20.5 Å². The number of hydrogen-bond acceptors (Lipinski definition) is 5. The fourth-order valence-electron chi connectivity index (χ4n) is 5.58. The predicted molar refractivity (Wildman–Crippen MR) is 144 cm³/mol. The van der Waals surface area contributed by atoms with Crippen molar-refractivity contribution in [2.75, 3.05) is 0 Å². The van der Waals surface area contributed by atoms with E-state index in [4.69, 9.17) is 11.0 Å². The molecular formula is C30H34N6O2. The van der Waals surface area contributed by atoms with Gasteiger partial charge in [-0.1, -0.05) is 36.6 Å². The molecule has 2 aromatic carbocycles. The van der Waals surface area contributed by atoms with E-state index in [9.17, 15) is 9.59 Å². The van der Waals surface area contributed by atoms with Crippen LogP contribution in [0.2, 0.25) is 0 Å². The van der Waals surface area contributed by atoms with Crippen LogP contribution in [0.1, 0.15) is 69.7 Å². The predicted octanol–water partition coefficient (Wildman–Crippen LogP) is 3.37. The summed E-state index contributed by atoms with van der Waals surface area (Å²) in [5, 5.41) is 12.3. The third-order valence-electron chi connectivity index (χ3n) is 7.93. The lowest BCUT2D eigenvalue weighted by atomic mass is 9.90. The quantitative estimate of drug-likeness (QED) is 0.546. The molecule has 38 heavy (non-hydrogen) atoms. The number of imidazole rings is 1. The van der Waals surface area contributed by atoms with Gasteiger partial charge in [-0.25, -0.2) is 4.98 Å². The van der Waals surface area contributed by atoms with Crippen LogP contribution < -0.4 is 11.1 Å². The van der Waals surface area contributed by atoms with E-state index in [1.54, 1.807) is 29.2 Å². The molecule has 2 heterocycles. The number of aryl methyl sites for hydroxylation is 2. The van der Waals surface area contributed by atoms with E-state index in [1.807, 2.05) is 6.33 Å². The number of nitriles is 1. The maximum absolute atomic E-state index is 13.8. The van der Waals surface area contributed by atoms with Crippen LogP contribution in [-0.4, -0.2) is 44.4 Å². The van der Waals surface area contributed by atoms with Gasteiger partial charge in [-0.15, -0.1) is 0 Å². The Labute approximate surface area is 223 Å². The number of fused-ring (bicyclic) bond motifs is 1. The maximum Gasteiger partial charge on any atom is 0.254 e. The zero-order valence-electron chi connectivity index (χ0n) is 22.0. The van der Waals surface area contributed by atoms with Crippen LogP contribution in [0.15, 0.2) is 48.8 Å². The van der Waals surface area contributed by atoms with E-state index < -0.39 is 6.04 Å². The van der Waals surface area contributed by atoms with Crippen molar-refractivity contribution in [3.05, 3.63) is 88.0 Å². The van der Waals surface area contributed by atoms with E-state index >= 15 is 0 Å². The molecule has 1 saturated carbocycles. The standard InChI is InChI=1S/C30H34N6O2/c1-19-7-8-20(2)23(13-19)16-35-18-33-26-14-27(29(37)34-25-6-4-3-5-24(25)32)36(17-28(26)35)30(38)22-11-9-21(15-31)10-12-22/h7-13,18,24-25,27H,3-6,14,16-17,32H2,1-2H3,(H,34,37). The van der Waals surface area contributed by atoms with Gasteiger partial charge in [-0.2, -0.15) is 5.26 Å². The fourth-order valence-corrected chi connectivity index (χ4v) is 5.58. The average Bonchev–Trinajstić information content (AvgIpc) is 3.32. The summed E-state index contributed by atoms with van der Waals surface area (Å²) in [7, 11) is 0. The van der Waals surface area contributed by atoms with Crippen molar-refractivity contribution in [3.8, 4) is 6.07 Å². The average molecular weight is 511 g/mol. The zero-order valence-corrected chi connectivity index (χ0v) is 22.0. The lowest BCUT2D eigenvalue weighted by molar-refractivity contribution is -0.127. The number of nitrogens with zero attached hydrogens (tertiary/aromatic N) is 4. The molecule has 8 nitrogen and oxygen atoms in total. The first-order valence-electron chi connectivity index (χ1n) is 13.3. The summed E-state index contributed by atoms with van der Waals surface area (Å²) in [6.07, 6.45) is 5.99. The summed E-state index contributed by atoms with van der Waals surface area (Å²) in [6, 6.07) is 14.2. The molecule has 0 spiro atoms. The number of carbonyl (C=O) groups excluding carboxylic acids is 2. The van der Waals surface area contributed by atoms with E-state index in [0.717, 1.165) is 37.1 Å². The Morgan fingerprint density at radius 3 is 2.63 bits per heavy atom. The van der Waals surface area contributed by atoms with Crippen molar-refractivity contribution in [1.29, 1.82) is 5.26 Å². The van der Waals surface area contributed by atoms with E-state index in [1.165, 1.54) is 16.7 Å². The first kappa shape index (κ1) is 25.7. The minimum absolute atomic E-state index is 0.0775. The van der Waals surface area contributed by atoms with Crippen molar-refractivity contribution in [2.45, 2.75) is 77.2 Å². The van der Waals surface area contributed by atoms with Crippen LogP contribution in [0.5, 0.6) is 0 Å². The number of nitrogens with two attached hydrogens (primary N) is 1. The van der Waals surface area contributed by atoms with Crippen LogP contribution in [0, 0.1) is 25.2 Å². The normalized spacial score (nSPS) is 20.9. The molecule has 3 atom stereocenters. The van der Waals surface area contributed by atoms with Gasteiger partial charge in [-0.3, -0.25) is 9.59 Å². The summed E-state index contributed by atoms with van der Waals surface area (Å²) in [4.78, 5) is 33.7. The van der Waals surface area contributed by atoms with Gasteiger partial charge >= 0.3 is 0 Å². The number of carbonyl (C=O) groups is 2. The third kappa shape index (κ3) is 5.20. The fraction of sp³-hybridized carbons (Fsp3) is 0.400. The topological polar surface area (TPSA) is 117 Å². The van der Waals surface area contributed by atoms with Gasteiger partial charge in [0, 0.05) is 30.6 Å². The van der Waals surface area contributed by atoms with Gasteiger partial charge in [0.05, 0.1) is 35.9 Å². The highest BCUT2D eigenvalue weighted by molar-refractivity contribution is 5.98. The second kappa shape index (κ2) is 10.8. The minimum atomic E-state index is -0.691. The minimum Gasteiger partial charge on any atom is -0.350 e. The van der Waals surface area contributed by atoms with Crippen LogP contribution in [0.3, 0.4) is 0 Å². The molecule has 0 bridgehead atoms. The molecule has 196 valence electrons. The molecule has 3 N–H and O–H groups in total. The molecule has 3 aromatic rings. The van der Waals surface area contributed by atoms with E-state index in [-0.39, 0.29) is 30.4 Å². The summed E-state index contributed by atoms with van der Waals surface area (Å²) >= 11 is 0. The van der Waals surface area contributed by atoms with Crippen molar-refractivity contribution < 1.29 is 9.59 Å². The number of benzene rings is 2. The van der Waals surface area contributed by atoms with Crippen molar-refractivity contribution >= 4 is 11.8 Å². The second-order valence-electron chi connectivity index (χ2n) is 10.6. The Kier molecular flexibility index (Phi) is 7.30. The van der Waals surface area contributed by atoms with E-state index in [0.29, 0.717) is 24.1 Å². The largest absolute Gasteiger partial charge is 0.350 e. The molecule has 3 unspecified atom stereocenters.